The van der Waals surface area contributed by atoms with Crippen LogP contribution in [0.15, 0.2) is 18.2 Å². The Labute approximate surface area is 118 Å². The minimum atomic E-state index is -0.993. The Hall–Kier alpha value is -1.50. The van der Waals surface area contributed by atoms with E-state index in [1.807, 2.05) is 6.07 Å². The lowest BCUT2D eigenvalue weighted by atomic mass is 10.2. The molecule has 2 rings (SSSR count). The second-order valence-corrected chi connectivity index (χ2v) is 5.16. The maximum atomic E-state index is 10.9. The molecule has 6 heteroatoms. The zero-order valence-corrected chi connectivity index (χ0v) is 11.7. The normalized spacial score (nSPS) is 21.0. The van der Waals surface area contributed by atoms with Crippen molar-refractivity contribution in [3.8, 4) is 0 Å². The monoisotopic (exact) mass is 279 g/mol. The average molecular weight is 279 g/mol. The predicted octanol–water partition coefficient (Wildman–Crippen LogP) is 0.278. The fourth-order valence-corrected chi connectivity index (χ4v) is 2.59. The van der Waals surface area contributed by atoms with E-state index in [9.17, 15) is 4.79 Å². The Bertz CT molecular complexity index is 467. The Kier molecular flexibility index (Phi) is 5.05. The minimum Gasteiger partial charge on any atom is -0.477 e. The van der Waals surface area contributed by atoms with Crippen molar-refractivity contribution in [3.05, 3.63) is 29.6 Å². The summed E-state index contributed by atoms with van der Waals surface area (Å²) >= 11 is 0. The molecule has 6 nitrogen and oxygen atoms in total. The van der Waals surface area contributed by atoms with Crippen molar-refractivity contribution in [1.29, 1.82) is 0 Å². The van der Waals surface area contributed by atoms with Crippen molar-refractivity contribution in [2.75, 3.05) is 32.8 Å². The van der Waals surface area contributed by atoms with Gasteiger partial charge < -0.3 is 10.2 Å². The molecule has 2 N–H and O–H groups in total. The molecule has 1 aliphatic heterocycles. The molecule has 1 aromatic heterocycles. The number of piperazine rings is 1. The van der Waals surface area contributed by atoms with E-state index in [2.05, 4.69) is 21.7 Å². The number of rotatable bonds is 5. The molecule has 1 unspecified atom stereocenters. The molecule has 1 fully saturated rings. The van der Waals surface area contributed by atoms with Crippen molar-refractivity contribution in [1.82, 2.24) is 14.8 Å². The Morgan fingerprint density at radius 2 is 2.25 bits per heavy atom. The molecule has 1 atom stereocenters. The summed E-state index contributed by atoms with van der Waals surface area (Å²) in [6, 6.07) is 5.49. The number of aromatic carboxylic acids is 1. The first kappa shape index (κ1) is 14.9. The molecule has 110 valence electrons. The van der Waals surface area contributed by atoms with Gasteiger partial charge in [0, 0.05) is 38.8 Å². The van der Waals surface area contributed by atoms with Crippen LogP contribution in [0.25, 0.3) is 0 Å². The van der Waals surface area contributed by atoms with Gasteiger partial charge in [0.15, 0.2) is 0 Å². The Morgan fingerprint density at radius 3 is 2.90 bits per heavy atom. The molecule has 2 heterocycles. The lowest BCUT2D eigenvalue weighted by Crippen LogP contribution is -2.52. The van der Waals surface area contributed by atoms with E-state index in [4.69, 9.17) is 10.2 Å². The van der Waals surface area contributed by atoms with Gasteiger partial charge in [-0.3, -0.25) is 9.80 Å². The van der Waals surface area contributed by atoms with Crippen LogP contribution in [0.3, 0.4) is 0 Å². The van der Waals surface area contributed by atoms with Crippen LogP contribution in [0.4, 0.5) is 0 Å². The van der Waals surface area contributed by atoms with Gasteiger partial charge in [-0.05, 0) is 19.1 Å². The summed E-state index contributed by atoms with van der Waals surface area (Å²) in [7, 11) is 0. The molecule has 1 saturated heterocycles. The summed E-state index contributed by atoms with van der Waals surface area (Å²) in [6.07, 6.45) is 0. The number of pyridine rings is 1. The van der Waals surface area contributed by atoms with E-state index in [0.717, 1.165) is 25.3 Å². The first-order chi connectivity index (χ1) is 9.60. The van der Waals surface area contributed by atoms with Crippen molar-refractivity contribution in [3.63, 3.8) is 0 Å². The smallest absolute Gasteiger partial charge is 0.354 e. The van der Waals surface area contributed by atoms with Gasteiger partial charge in [0.05, 0.1) is 12.3 Å². The fraction of sp³-hybridized carbons (Fsp3) is 0.571. The summed E-state index contributed by atoms with van der Waals surface area (Å²) in [4.78, 5) is 19.6. The highest BCUT2D eigenvalue weighted by Crippen LogP contribution is 2.12. The number of aliphatic hydroxyl groups is 1. The summed E-state index contributed by atoms with van der Waals surface area (Å²) in [6.45, 7) is 6.43. The SMILES string of the molecule is CC1CN(Cc2cccc(C(=O)O)n2)CCN1CCO. The number of carboxylic acids is 1. The Morgan fingerprint density at radius 1 is 1.45 bits per heavy atom. The molecule has 0 bridgehead atoms. The number of β-amino-alcohol motifs (C(OH)–C–C–N with tert-alkyl or cyclic N) is 1. The molecule has 1 aromatic rings. The molecule has 0 amide bonds. The van der Waals surface area contributed by atoms with Gasteiger partial charge in [0.1, 0.15) is 5.69 Å². The topological polar surface area (TPSA) is 76.9 Å². The summed E-state index contributed by atoms with van der Waals surface area (Å²) in [5.74, 6) is -0.993. The summed E-state index contributed by atoms with van der Waals surface area (Å²) < 4.78 is 0. The van der Waals surface area contributed by atoms with Crippen molar-refractivity contribution in [2.45, 2.75) is 19.5 Å². The molecular weight excluding hydrogens is 258 g/mol. The largest absolute Gasteiger partial charge is 0.477 e. The quantitative estimate of drug-likeness (QED) is 0.806. The molecule has 0 radical (unpaired) electrons. The van der Waals surface area contributed by atoms with E-state index in [-0.39, 0.29) is 12.3 Å². The molecule has 0 spiro atoms. The van der Waals surface area contributed by atoms with Crippen molar-refractivity contribution >= 4 is 5.97 Å². The van der Waals surface area contributed by atoms with Gasteiger partial charge >= 0.3 is 5.97 Å². The zero-order chi connectivity index (χ0) is 14.5. The Balaban J connectivity index is 1.94. The number of aromatic nitrogens is 1. The van der Waals surface area contributed by atoms with Crippen LogP contribution in [0.2, 0.25) is 0 Å². The van der Waals surface area contributed by atoms with Crippen LogP contribution in [-0.4, -0.2) is 69.8 Å². The molecule has 0 saturated carbocycles. The van der Waals surface area contributed by atoms with Crippen LogP contribution in [0.1, 0.15) is 23.1 Å². The molecule has 1 aliphatic rings. The first-order valence-electron chi connectivity index (χ1n) is 6.86. The van der Waals surface area contributed by atoms with Gasteiger partial charge in [-0.1, -0.05) is 6.07 Å². The standard InChI is InChI=1S/C14H21N3O3/c1-11-9-16(5-6-17(11)7-8-18)10-12-3-2-4-13(15-12)14(19)20/h2-4,11,18H,5-10H2,1H3,(H,19,20). The van der Waals surface area contributed by atoms with Gasteiger partial charge in [0.25, 0.3) is 0 Å². The fourth-order valence-electron chi connectivity index (χ4n) is 2.59. The number of hydrogen-bond donors (Lipinski definition) is 2. The lowest BCUT2D eigenvalue weighted by molar-refractivity contribution is 0.0636. The molecular formula is C14H21N3O3. The number of hydrogen-bond acceptors (Lipinski definition) is 5. The van der Waals surface area contributed by atoms with Crippen LogP contribution in [-0.2, 0) is 6.54 Å². The van der Waals surface area contributed by atoms with Gasteiger partial charge in [-0.2, -0.15) is 0 Å². The first-order valence-corrected chi connectivity index (χ1v) is 6.86. The van der Waals surface area contributed by atoms with E-state index < -0.39 is 5.97 Å². The third kappa shape index (κ3) is 3.75. The van der Waals surface area contributed by atoms with Crippen molar-refractivity contribution in [2.24, 2.45) is 0 Å². The third-order valence-electron chi connectivity index (χ3n) is 3.65. The van der Waals surface area contributed by atoms with E-state index >= 15 is 0 Å². The number of aliphatic hydroxyl groups excluding tert-OH is 1. The van der Waals surface area contributed by atoms with Crippen LogP contribution in [0.5, 0.6) is 0 Å². The highest BCUT2D eigenvalue weighted by molar-refractivity contribution is 5.85. The molecule has 20 heavy (non-hydrogen) atoms. The zero-order valence-electron chi connectivity index (χ0n) is 11.7. The van der Waals surface area contributed by atoms with Gasteiger partial charge in [-0.25, -0.2) is 9.78 Å². The highest BCUT2D eigenvalue weighted by Gasteiger charge is 2.23. The average Bonchev–Trinajstić information content (AvgIpc) is 2.42. The number of carboxylic acid groups (broad SMARTS) is 1. The number of carbonyl (C=O) groups is 1. The second kappa shape index (κ2) is 6.78. The summed E-state index contributed by atoms with van der Waals surface area (Å²) in [5.41, 5.74) is 0.877. The van der Waals surface area contributed by atoms with Crippen LogP contribution in [0, 0.1) is 0 Å². The maximum absolute atomic E-state index is 10.9. The maximum Gasteiger partial charge on any atom is 0.354 e. The predicted molar refractivity (Wildman–Crippen MR) is 74.6 cm³/mol. The van der Waals surface area contributed by atoms with Crippen LogP contribution < -0.4 is 0 Å². The van der Waals surface area contributed by atoms with E-state index in [0.29, 0.717) is 19.1 Å². The van der Waals surface area contributed by atoms with Gasteiger partial charge in [0.2, 0.25) is 0 Å². The minimum absolute atomic E-state index is 0.0921. The molecule has 0 aliphatic carbocycles. The molecule has 0 aromatic carbocycles. The lowest BCUT2D eigenvalue weighted by Gasteiger charge is -2.39. The highest BCUT2D eigenvalue weighted by atomic mass is 16.4. The summed E-state index contributed by atoms with van der Waals surface area (Å²) in [5, 5.41) is 17.9. The second-order valence-electron chi connectivity index (χ2n) is 5.16. The van der Waals surface area contributed by atoms with E-state index in [1.165, 1.54) is 6.07 Å². The van der Waals surface area contributed by atoms with Crippen LogP contribution >= 0.6 is 0 Å². The number of nitrogens with zero attached hydrogens (tertiary/aromatic N) is 3. The third-order valence-corrected chi connectivity index (χ3v) is 3.65. The van der Waals surface area contributed by atoms with Crippen molar-refractivity contribution < 1.29 is 15.0 Å². The van der Waals surface area contributed by atoms with Gasteiger partial charge in [-0.15, -0.1) is 0 Å². The van der Waals surface area contributed by atoms with E-state index in [1.54, 1.807) is 6.07 Å².